The van der Waals surface area contributed by atoms with Crippen molar-refractivity contribution in [3.8, 4) is 0 Å². The smallest absolute Gasteiger partial charge is 0.150 e. The summed E-state index contributed by atoms with van der Waals surface area (Å²) in [5, 5.41) is 6.68. The molecule has 1 heterocycles. The molecule has 0 atom stereocenters. The van der Waals surface area contributed by atoms with Crippen molar-refractivity contribution in [1.29, 1.82) is 0 Å². The standard InChI is InChI=1S/C12H14N2S.C12H14O2S/c1-9-12(10(2)14-13-9)15-8-11-6-4-3-5-7-11;1-9(13)12(10(2)14)15-8-11-6-4-3-5-7-11/h3-7H,8H2,1-2H3,(H,13,14);3-7,12H,8H2,1-2H3. The summed E-state index contributed by atoms with van der Waals surface area (Å²) in [4.78, 5) is 23.6. The Labute approximate surface area is 187 Å². The summed E-state index contributed by atoms with van der Waals surface area (Å²) in [6.07, 6.45) is 0. The second kappa shape index (κ2) is 12.4. The van der Waals surface area contributed by atoms with Crippen molar-refractivity contribution in [2.75, 3.05) is 0 Å². The van der Waals surface area contributed by atoms with Gasteiger partial charge in [-0.1, -0.05) is 60.7 Å². The molecule has 158 valence electrons. The summed E-state index contributed by atoms with van der Waals surface area (Å²) in [6.45, 7) is 7.03. The number of nitrogens with zero attached hydrogens (tertiary/aromatic N) is 1. The molecule has 0 fully saturated rings. The lowest BCUT2D eigenvalue weighted by Gasteiger charge is -2.09. The van der Waals surface area contributed by atoms with Gasteiger partial charge in [0.05, 0.1) is 10.6 Å². The number of benzene rings is 2. The Morgan fingerprint density at radius 3 is 1.80 bits per heavy atom. The van der Waals surface area contributed by atoms with E-state index in [1.165, 1.54) is 36.1 Å². The van der Waals surface area contributed by atoms with Gasteiger partial charge in [-0.3, -0.25) is 14.7 Å². The number of hydrogen-bond donors (Lipinski definition) is 1. The molecule has 0 bridgehead atoms. The highest BCUT2D eigenvalue weighted by atomic mass is 32.2. The predicted octanol–water partition coefficient (Wildman–Crippen LogP) is 5.79. The van der Waals surface area contributed by atoms with Crippen LogP contribution in [0.4, 0.5) is 0 Å². The first-order valence-corrected chi connectivity index (χ1v) is 11.8. The zero-order chi connectivity index (χ0) is 21.9. The normalized spacial score (nSPS) is 10.4. The minimum absolute atomic E-state index is 0.0663. The summed E-state index contributed by atoms with van der Waals surface area (Å²) in [5.74, 6) is 1.57. The number of aromatic nitrogens is 2. The van der Waals surface area contributed by atoms with Gasteiger partial charge in [-0.05, 0) is 38.8 Å². The van der Waals surface area contributed by atoms with Gasteiger partial charge in [0.15, 0.2) is 0 Å². The molecule has 30 heavy (non-hydrogen) atoms. The van der Waals surface area contributed by atoms with Crippen LogP contribution in [0, 0.1) is 13.8 Å². The first kappa shape index (κ1) is 24.0. The minimum Gasteiger partial charge on any atom is -0.298 e. The van der Waals surface area contributed by atoms with Crippen molar-refractivity contribution in [2.45, 2.75) is 49.3 Å². The van der Waals surface area contributed by atoms with Crippen LogP contribution in [-0.4, -0.2) is 27.0 Å². The molecular weight excluding hydrogens is 412 g/mol. The lowest BCUT2D eigenvalue weighted by molar-refractivity contribution is -0.123. The Hall–Kier alpha value is -2.31. The van der Waals surface area contributed by atoms with E-state index < -0.39 is 5.25 Å². The first-order valence-electron chi connectivity index (χ1n) is 9.73. The number of hydrogen-bond acceptors (Lipinski definition) is 5. The van der Waals surface area contributed by atoms with Crippen LogP contribution in [0.1, 0.15) is 36.4 Å². The van der Waals surface area contributed by atoms with Crippen LogP contribution in [0.25, 0.3) is 0 Å². The fraction of sp³-hybridized carbons (Fsp3) is 0.292. The van der Waals surface area contributed by atoms with Gasteiger partial charge in [0, 0.05) is 17.2 Å². The van der Waals surface area contributed by atoms with E-state index in [1.54, 1.807) is 0 Å². The van der Waals surface area contributed by atoms with Crippen LogP contribution < -0.4 is 0 Å². The highest BCUT2D eigenvalue weighted by molar-refractivity contribution is 8.00. The van der Waals surface area contributed by atoms with Gasteiger partial charge in [-0.25, -0.2) is 0 Å². The Morgan fingerprint density at radius 2 is 1.37 bits per heavy atom. The number of ketones is 2. The first-order chi connectivity index (χ1) is 14.4. The van der Waals surface area contributed by atoms with Crippen LogP contribution in [0.2, 0.25) is 0 Å². The number of rotatable bonds is 8. The van der Waals surface area contributed by atoms with Crippen molar-refractivity contribution in [2.24, 2.45) is 0 Å². The molecule has 2 aromatic carbocycles. The van der Waals surface area contributed by atoms with E-state index in [4.69, 9.17) is 0 Å². The molecule has 0 amide bonds. The van der Waals surface area contributed by atoms with Crippen LogP contribution in [0.15, 0.2) is 65.6 Å². The Balaban J connectivity index is 0.000000214. The molecule has 4 nitrogen and oxygen atoms in total. The molecule has 0 spiro atoms. The molecule has 3 aromatic rings. The van der Waals surface area contributed by atoms with Gasteiger partial charge >= 0.3 is 0 Å². The van der Waals surface area contributed by atoms with Gasteiger partial charge in [-0.2, -0.15) is 5.10 Å². The monoisotopic (exact) mass is 440 g/mol. The van der Waals surface area contributed by atoms with E-state index in [9.17, 15) is 9.59 Å². The SMILES string of the molecule is CC(=O)C(SCc1ccccc1)C(C)=O.Cc1n[nH]c(C)c1SCc1ccccc1. The van der Waals surface area contributed by atoms with Crippen molar-refractivity contribution in [1.82, 2.24) is 10.2 Å². The molecular formula is C24H28N2O2S2. The zero-order valence-corrected chi connectivity index (χ0v) is 19.5. The third kappa shape index (κ3) is 7.84. The number of nitrogens with one attached hydrogen (secondary N) is 1. The third-order valence-corrected chi connectivity index (χ3v) is 7.15. The van der Waals surface area contributed by atoms with E-state index >= 15 is 0 Å². The van der Waals surface area contributed by atoms with Crippen molar-refractivity contribution in [3.63, 3.8) is 0 Å². The maximum Gasteiger partial charge on any atom is 0.150 e. The molecule has 3 rings (SSSR count). The highest BCUT2D eigenvalue weighted by Crippen LogP contribution is 2.27. The fourth-order valence-corrected chi connectivity index (χ4v) is 4.80. The molecule has 1 N–H and O–H groups in total. The second-order valence-electron chi connectivity index (χ2n) is 6.94. The van der Waals surface area contributed by atoms with Gasteiger partial charge in [0.25, 0.3) is 0 Å². The van der Waals surface area contributed by atoms with Crippen molar-refractivity contribution in [3.05, 3.63) is 83.2 Å². The van der Waals surface area contributed by atoms with Gasteiger partial charge in [0.1, 0.15) is 16.8 Å². The number of H-pyrrole nitrogens is 1. The van der Waals surface area contributed by atoms with Gasteiger partial charge in [0.2, 0.25) is 0 Å². The number of carbonyl (C=O) groups is 2. The lowest BCUT2D eigenvalue weighted by atomic mass is 10.2. The zero-order valence-electron chi connectivity index (χ0n) is 17.8. The molecule has 6 heteroatoms. The summed E-state index contributed by atoms with van der Waals surface area (Å²) in [7, 11) is 0. The molecule has 0 aliphatic rings. The van der Waals surface area contributed by atoms with Crippen molar-refractivity contribution >= 4 is 35.1 Å². The molecule has 0 saturated heterocycles. The van der Waals surface area contributed by atoms with Crippen LogP contribution in [0.3, 0.4) is 0 Å². The Kier molecular flexibility index (Phi) is 9.91. The largest absolute Gasteiger partial charge is 0.298 e. The second-order valence-corrected chi connectivity index (χ2v) is 9.01. The van der Waals surface area contributed by atoms with E-state index in [0.29, 0.717) is 5.75 Å². The van der Waals surface area contributed by atoms with E-state index in [-0.39, 0.29) is 11.6 Å². The minimum atomic E-state index is -0.509. The average Bonchev–Trinajstić information content (AvgIpc) is 3.05. The number of Topliss-reactive ketones (excluding diaryl/α,β-unsaturated/α-hetero) is 2. The Morgan fingerprint density at radius 1 is 0.867 bits per heavy atom. The van der Waals surface area contributed by atoms with E-state index in [1.807, 2.05) is 55.1 Å². The predicted molar refractivity (Wildman–Crippen MR) is 127 cm³/mol. The summed E-state index contributed by atoms with van der Waals surface area (Å²) >= 11 is 3.23. The van der Waals surface area contributed by atoms with Gasteiger partial charge < -0.3 is 0 Å². The van der Waals surface area contributed by atoms with Gasteiger partial charge in [-0.15, -0.1) is 23.5 Å². The number of aromatic amines is 1. The molecule has 0 aliphatic carbocycles. The highest BCUT2D eigenvalue weighted by Gasteiger charge is 2.19. The molecule has 0 saturated carbocycles. The van der Waals surface area contributed by atoms with Crippen LogP contribution in [-0.2, 0) is 21.1 Å². The summed E-state index contributed by atoms with van der Waals surface area (Å²) < 4.78 is 0. The third-order valence-electron chi connectivity index (χ3n) is 4.28. The molecule has 0 unspecified atom stereocenters. The molecule has 0 radical (unpaired) electrons. The molecule has 0 aliphatic heterocycles. The average molecular weight is 441 g/mol. The number of thioether (sulfide) groups is 2. The maximum atomic E-state index is 11.2. The summed E-state index contributed by atoms with van der Waals surface area (Å²) in [6, 6.07) is 20.3. The number of aryl methyl sites for hydroxylation is 2. The lowest BCUT2D eigenvalue weighted by Crippen LogP contribution is -2.22. The molecule has 1 aromatic heterocycles. The van der Waals surface area contributed by atoms with Crippen LogP contribution in [0.5, 0.6) is 0 Å². The number of carbonyl (C=O) groups excluding carboxylic acids is 2. The Bertz CT molecular complexity index is 907. The quantitative estimate of drug-likeness (QED) is 0.355. The van der Waals surface area contributed by atoms with E-state index in [0.717, 1.165) is 22.7 Å². The maximum absolute atomic E-state index is 11.2. The van der Waals surface area contributed by atoms with Crippen molar-refractivity contribution < 1.29 is 9.59 Å². The fourth-order valence-electron chi connectivity index (χ4n) is 2.76. The van der Waals surface area contributed by atoms with E-state index in [2.05, 4.69) is 41.4 Å². The summed E-state index contributed by atoms with van der Waals surface area (Å²) in [5.41, 5.74) is 4.74. The van der Waals surface area contributed by atoms with Crippen LogP contribution >= 0.6 is 23.5 Å². The topological polar surface area (TPSA) is 62.8 Å².